The number of nitrogens with zero attached hydrogens (tertiary/aromatic N) is 5. The molecule has 1 amide bonds. The number of nitro groups is 1. The summed E-state index contributed by atoms with van der Waals surface area (Å²) in [5.74, 6) is 0.0195. The van der Waals surface area contributed by atoms with E-state index in [1.165, 1.54) is 4.68 Å². The second kappa shape index (κ2) is 7.36. The van der Waals surface area contributed by atoms with Gasteiger partial charge in [0.25, 0.3) is 0 Å². The van der Waals surface area contributed by atoms with Crippen molar-refractivity contribution in [3.63, 3.8) is 0 Å². The summed E-state index contributed by atoms with van der Waals surface area (Å²) in [5.41, 5.74) is 1.22. The van der Waals surface area contributed by atoms with Crippen molar-refractivity contribution in [3.8, 4) is 0 Å². The molecule has 1 N–H and O–H groups in total. The van der Waals surface area contributed by atoms with Gasteiger partial charge in [-0.1, -0.05) is 23.7 Å². The van der Waals surface area contributed by atoms with Crippen molar-refractivity contribution in [2.75, 3.05) is 5.32 Å². The number of aromatic nitrogens is 4. The summed E-state index contributed by atoms with van der Waals surface area (Å²) in [6.07, 6.45) is 2.87. The number of rotatable bonds is 6. The van der Waals surface area contributed by atoms with E-state index in [9.17, 15) is 14.9 Å². The fraction of sp³-hybridized carbons (Fsp3) is 0.188. The van der Waals surface area contributed by atoms with Gasteiger partial charge in [0.15, 0.2) is 5.82 Å². The molecule has 9 nitrogen and oxygen atoms in total. The van der Waals surface area contributed by atoms with Crippen LogP contribution >= 0.6 is 11.6 Å². The summed E-state index contributed by atoms with van der Waals surface area (Å²) in [5, 5.41) is 22.3. The van der Waals surface area contributed by atoms with Crippen molar-refractivity contribution >= 4 is 29.0 Å². The fourth-order valence-corrected chi connectivity index (χ4v) is 2.51. The molecule has 2 heterocycles. The third kappa shape index (κ3) is 4.06. The number of hydrogen-bond donors (Lipinski definition) is 1. The second-order valence-electron chi connectivity index (χ2n) is 5.60. The number of benzene rings is 1. The van der Waals surface area contributed by atoms with Crippen LogP contribution in [0.15, 0.2) is 42.7 Å². The largest absolute Gasteiger partial charge is 0.309 e. The smallest absolute Gasteiger partial charge is 0.308 e. The molecule has 0 fully saturated rings. The van der Waals surface area contributed by atoms with E-state index in [1.807, 2.05) is 12.1 Å². The predicted molar refractivity (Wildman–Crippen MR) is 95.0 cm³/mol. The Bertz CT molecular complexity index is 947. The van der Waals surface area contributed by atoms with Gasteiger partial charge in [0, 0.05) is 17.3 Å². The maximum Gasteiger partial charge on any atom is 0.309 e. The van der Waals surface area contributed by atoms with Crippen molar-refractivity contribution in [2.45, 2.75) is 20.0 Å². The van der Waals surface area contributed by atoms with Gasteiger partial charge in [-0.15, -0.1) is 0 Å². The lowest BCUT2D eigenvalue weighted by molar-refractivity contribution is -0.385. The van der Waals surface area contributed by atoms with Crippen LogP contribution in [-0.2, 0) is 17.9 Å². The highest BCUT2D eigenvalue weighted by atomic mass is 35.5. The van der Waals surface area contributed by atoms with Crippen LogP contribution in [0.2, 0.25) is 5.02 Å². The highest BCUT2D eigenvalue weighted by molar-refractivity contribution is 6.30. The number of carbonyl (C=O) groups excluding carboxylic acids is 1. The normalized spacial score (nSPS) is 10.7. The first kappa shape index (κ1) is 17.6. The molecule has 26 heavy (non-hydrogen) atoms. The van der Waals surface area contributed by atoms with Gasteiger partial charge in [0.05, 0.1) is 11.5 Å². The molecule has 0 unspecified atom stereocenters. The van der Waals surface area contributed by atoms with E-state index in [0.717, 1.165) is 11.8 Å². The molecule has 10 heteroatoms. The van der Waals surface area contributed by atoms with E-state index in [-0.39, 0.29) is 18.1 Å². The average Bonchev–Trinajstić information content (AvgIpc) is 3.17. The first-order chi connectivity index (χ1) is 12.4. The highest BCUT2D eigenvalue weighted by Crippen LogP contribution is 2.16. The molecule has 134 valence electrons. The lowest BCUT2D eigenvalue weighted by Crippen LogP contribution is -2.20. The van der Waals surface area contributed by atoms with Gasteiger partial charge >= 0.3 is 5.69 Å². The van der Waals surface area contributed by atoms with E-state index in [2.05, 4.69) is 15.5 Å². The minimum atomic E-state index is -0.533. The van der Waals surface area contributed by atoms with Gasteiger partial charge in [-0.05, 0) is 24.6 Å². The predicted octanol–water partition coefficient (Wildman–Crippen LogP) is 2.64. The Kier molecular flexibility index (Phi) is 4.99. The van der Waals surface area contributed by atoms with Crippen LogP contribution in [0.5, 0.6) is 0 Å². The molecule has 2 aromatic heterocycles. The Morgan fingerprint density at radius 1 is 1.31 bits per heavy atom. The highest BCUT2D eigenvalue weighted by Gasteiger charge is 2.18. The summed E-state index contributed by atoms with van der Waals surface area (Å²) < 4.78 is 2.96. The number of nitrogens with one attached hydrogen (secondary N) is 1. The first-order valence-corrected chi connectivity index (χ1v) is 8.05. The van der Waals surface area contributed by atoms with E-state index in [4.69, 9.17) is 11.6 Å². The first-order valence-electron chi connectivity index (χ1n) is 7.67. The number of halogens is 1. The summed E-state index contributed by atoms with van der Waals surface area (Å²) in [6.45, 7) is 1.94. The quantitative estimate of drug-likeness (QED) is 0.527. The SMILES string of the molecule is Cc1c([N+](=O)[O-])cnn1CC(=O)Nc1ccn(Cc2ccc(Cl)cc2)n1. The molecule has 0 spiro atoms. The zero-order valence-corrected chi connectivity index (χ0v) is 14.6. The van der Waals surface area contributed by atoms with Crippen molar-refractivity contribution in [1.29, 1.82) is 0 Å². The minimum absolute atomic E-state index is 0.120. The van der Waals surface area contributed by atoms with Crippen LogP contribution in [0.3, 0.4) is 0 Å². The van der Waals surface area contributed by atoms with Gasteiger partial charge in [-0.3, -0.25) is 24.3 Å². The van der Waals surface area contributed by atoms with Crippen molar-refractivity contribution in [1.82, 2.24) is 19.6 Å². The van der Waals surface area contributed by atoms with E-state index in [1.54, 1.807) is 36.0 Å². The van der Waals surface area contributed by atoms with Gasteiger partial charge in [0.2, 0.25) is 5.91 Å². The van der Waals surface area contributed by atoms with Crippen LogP contribution in [0.4, 0.5) is 11.5 Å². The molecule has 0 aliphatic heterocycles. The molecule has 3 rings (SSSR count). The molecule has 0 aliphatic carbocycles. The molecular weight excluding hydrogens is 360 g/mol. The van der Waals surface area contributed by atoms with E-state index in [0.29, 0.717) is 23.1 Å². The summed E-state index contributed by atoms with van der Waals surface area (Å²) in [4.78, 5) is 22.4. The zero-order chi connectivity index (χ0) is 18.7. The molecule has 0 saturated heterocycles. The Morgan fingerprint density at radius 3 is 2.69 bits per heavy atom. The van der Waals surface area contributed by atoms with Crippen LogP contribution in [-0.4, -0.2) is 30.4 Å². The Morgan fingerprint density at radius 2 is 2.04 bits per heavy atom. The molecule has 0 radical (unpaired) electrons. The topological polar surface area (TPSA) is 108 Å². The van der Waals surface area contributed by atoms with Crippen LogP contribution in [0, 0.1) is 17.0 Å². The van der Waals surface area contributed by atoms with Crippen molar-refractivity contribution in [3.05, 3.63) is 69.1 Å². The van der Waals surface area contributed by atoms with Gasteiger partial charge in [-0.25, -0.2) is 0 Å². The number of hydrogen-bond acceptors (Lipinski definition) is 5. The number of amides is 1. The third-order valence-electron chi connectivity index (χ3n) is 3.73. The average molecular weight is 375 g/mol. The number of anilines is 1. The summed E-state index contributed by atoms with van der Waals surface area (Å²) in [6, 6.07) is 9.07. The van der Waals surface area contributed by atoms with Crippen molar-refractivity contribution in [2.24, 2.45) is 0 Å². The molecule has 0 aliphatic rings. The molecular formula is C16H15ClN6O3. The maximum atomic E-state index is 12.1. The maximum absolute atomic E-state index is 12.1. The van der Waals surface area contributed by atoms with Crippen LogP contribution < -0.4 is 5.32 Å². The van der Waals surface area contributed by atoms with E-state index >= 15 is 0 Å². The van der Waals surface area contributed by atoms with Crippen molar-refractivity contribution < 1.29 is 9.72 Å². The Balaban J connectivity index is 1.61. The molecule has 0 bridgehead atoms. The molecule has 0 atom stereocenters. The third-order valence-corrected chi connectivity index (χ3v) is 3.99. The minimum Gasteiger partial charge on any atom is -0.308 e. The molecule has 0 saturated carbocycles. The lowest BCUT2D eigenvalue weighted by atomic mass is 10.2. The number of carbonyl (C=O) groups is 1. The van der Waals surface area contributed by atoms with E-state index < -0.39 is 4.92 Å². The van der Waals surface area contributed by atoms with Gasteiger partial charge in [0.1, 0.15) is 18.4 Å². The summed E-state index contributed by atoms with van der Waals surface area (Å²) in [7, 11) is 0. The molecule has 1 aromatic carbocycles. The van der Waals surface area contributed by atoms with Crippen LogP contribution in [0.1, 0.15) is 11.3 Å². The zero-order valence-electron chi connectivity index (χ0n) is 13.8. The Hall–Kier alpha value is -3.20. The Labute approximate surface area is 153 Å². The lowest BCUT2D eigenvalue weighted by Gasteiger charge is -2.04. The second-order valence-corrected chi connectivity index (χ2v) is 6.04. The fourth-order valence-electron chi connectivity index (χ4n) is 2.39. The summed E-state index contributed by atoms with van der Waals surface area (Å²) >= 11 is 5.86. The standard InChI is InChI=1S/C16H15ClN6O3/c1-11-14(23(25)26)8-18-22(11)10-16(24)19-15-6-7-21(20-15)9-12-2-4-13(17)5-3-12/h2-8H,9-10H2,1H3,(H,19,20,24). The molecule has 3 aromatic rings. The van der Waals surface area contributed by atoms with Crippen LogP contribution in [0.25, 0.3) is 0 Å². The monoisotopic (exact) mass is 374 g/mol. The van der Waals surface area contributed by atoms with Gasteiger partial charge in [-0.2, -0.15) is 10.2 Å². The van der Waals surface area contributed by atoms with Gasteiger partial charge < -0.3 is 5.32 Å².